The van der Waals surface area contributed by atoms with Crippen LogP contribution in [0.25, 0.3) is 0 Å². The molecule has 26 heavy (non-hydrogen) atoms. The largest absolute Gasteiger partial charge is 0.472 e. The average Bonchev–Trinajstić information content (AvgIpc) is 3.06. The van der Waals surface area contributed by atoms with Gasteiger partial charge in [-0.1, -0.05) is 39.7 Å². The molecule has 0 amide bonds. The number of carbonyl (C=O) groups excluding carboxylic acids is 1. The predicted octanol–water partition coefficient (Wildman–Crippen LogP) is 4.67. The fourth-order valence-electron chi connectivity index (χ4n) is 5.44. The first-order valence-corrected chi connectivity index (χ1v) is 9.74. The fourth-order valence-corrected chi connectivity index (χ4v) is 5.44. The van der Waals surface area contributed by atoms with Crippen molar-refractivity contribution in [1.29, 1.82) is 0 Å². The summed E-state index contributed by atoms with van der Waals surface area (Å²) >= 11 is 0. The van der Waals surface area contributed by atoms with Crippen LogP contribution < -0.4 is 0 Å². The van der Waals surface area contributed by atoms with Gasteiger partial charge in [0.1, 0.15) is 6.10 Å². The highest BCUT2D eigenvalue weighted by Gasteiger charge is 2.60. The number of hydrogen-bond acceptors (Lipinski definition) is 4. The smallest absolute Gasteiger partial charge is 0.303 e. The van der Waals surface area contributed by atoms with Crippen LogP contribution >= 0.6 is 0 Å². The van der Waals surface area contributed by atoms with E-state index in [1.54, 1.807) is 12.5 Å². The number of fused-ring (bicyclic) bond motifs is 1. The molecule has 0 bridgehead atoms. The summed E-state index contributed by atoms with van der Waals surface area (Å²) in [6.45, 7) is 10.1. The number of furan rings is 1. The molecule has 1 aromatic rings. The summed E-state index contributed by atoms with van der Waals surface area (Å²) in [5.74, 6) is -0.464. The fraction of sp³-hybridized carbons (Fsp3) is 0.682. The summed E-state index contributed by atoms with van der Waals surface area (Å²) in [7, 11) is 0. The minimum Gasteiger partial charge on any atom is -0.472 e. The molecule has 0 unspecified atom stereocenters. The van der Waals surface area contributed by atoms with E-state index in [1.807, 2.05) is 13.0 Å². The molecule has 1 N–H and O–H groups in total. The maximum absolute atomic E-state index is 12.0. The van der Waals surface area contributed by atoms with Crippen molar-refractivity contribution in [3.8, 4) is 0 Å². The van der Waals surface area contributed by atoms with E-state index < -0.39 is 5.60 Å². The Morgan fingerprint density at radius 2 is 2.08 bits per heavy atom. The van der Waals surface area contributed by atoms with Crippen molar-refractivity contribution in [2.75, 3.05) is 0 Å². The topological polar surface area (TPSA) is 59.7 Å². The molecule has 2 aliphatic carbocycles. The van der Waals surface area contributed by atoms with Crippen LogP contribution in [0.3, 0.4) is 0 Å². The molecule has 1 heterocycles. The molecule has 1 aromatic heterocycles. The molecule has 0 spiro atoms. The standard InChI is InChI=1S/C22H32O4/c1-15-18(26-16(2)23)13-19-20(3,4)9-6-10-21(19,5)22(15,24)11-7-17-8-12-25-14-17/h8,12-15,18,24H,6-7,9-11H2,1-5H3/t15-,18+,21+,22-/m1/s1. The second-order valence-electron chi connectivity index (χ2n) is 9.07. The van der Waals surface area contributed by atoms with Gasteiger partial charge >= 0.3 is 5.97 Å². The van der Waals surface area contributed by atoms with Crippen LogP contribution in [0.1, 0.15) is 65.9 Å². The van der Waals surface area contributed by atoms with Crippen LogP contribution in [0.15, 0.2) is 34.7 Å². The van der Waals surface area contributed by atoms with Gasteiger partial charge in [0, 0.05) is 18.3 Å². The number of rotatable bonds is 4. The van der Waals surface area contributed by atoms with Crippen LogP contribution in [-0.2, 0) is 16.0 Å². The summed E-state index contributed by atoms with van der Waals surface area (Å²) in [5.41, 5.74) is 1.08. The molecule has 1 fully saturated rings. The summed E-state index contributed by atoms with van der Waals surface area (Å²) in [6, 6.07) is 1.95. The van der Waals surface area contributed by atoms with Gasteiger partial charge in [0.25, 0.3) is 0 Å². The summed E-state index contributed by atoms with van der Waals surface area (Å²) in [4.78, 5) is 11.7. The Kier molecular flexibility index (Phi) is 4.85. The van der Waals surface area contributed by atoms with Gasteiger partial charge in [-0.25, -0.2) is 0 Å². The second kappa shape index (κ2) is 6.56. The van der Waals surface area contributed by atoms with Crippen molar-refractivity contribution in [1.82, 2.24) is 0 Å². The van der Waals surface area contributed by atoms with Crippen LogP contribution in [0.2, 0.25) is 0 Å². The van der Waals surface area contributed by atoms with Crippen LogP contribution in [0.4, 0.5) is 0 Å². The van der Waals surface area contributed by atoms with Crippen molar-refractivity contribution < 1.29 is 19.1 Å². The molecule has 0 aromatic carbocycles. The Hall–Kier alpha value is -1.55. The number of aryl methyl sites for hydroxylation is 1. The van der Waals surface area contributed by atoms with E-state index in [4.69, 9.17) is 9.15 Å². The average molecular weight is 360 g/mol. The van der Waals surface area contributed by atoms with Crippen molar-refractivity contribution in [2.45, 2.75) is 78.4 Å². The maximum Gasteiger partial charge on any atom is 0.303 e. The lowest BCUT2D eigenvalue weighted by Gasteiger charge is -2.60. The van der Waals surface area contributed by atoms with Crippen molar-refractivity contribution in [3.05, 3.63) is 35.8 Å². The molecule has 144 valence electrons. The molecule has 0 saturated heterocycles. The van der Waals surface area contributed by atoms with Gasteiger partial charge in [-0.15, -0.1) is 0 Å². The summed E-state index contributed by atoms with van der Waals surface area (Å²) in [6.07, 6.45) is 9.67. The van der Waals surface area contributed by atoms with Gasteiger partial charge in [0.15, 0.2) is 0 Å². The van der Waals surface area contributed by atoms with Gasteiger partial charge in [-0.3, -0.25) is 4.79 Å². The lowest BCUT2D eigenvalue weighted by Crippen LogP contribution is -2.61. The number of hydrogen-bond donors (Lipinski definition) is 1. The Balaban J connectivity index is 2.02. The highest BCUT2D eigenvalue weighted by atomic mass is 16.5. The van der Waals surface area contributed by atoms with E-state index in [0.717, 1.165) is 31.2 Å². The minimum atomic E-state index is -0.938. The predicted molar refractivity (Wildman–Crippen MR) is 101 cm³/mol. The van der Waals surface area contributed by atoms with E-state index in [-0.39, 0.29) is 28.8 Å². The normalized spacial score (nSPS) is 36.2. The second-order valence-corrected chi connectivity index (χ2v) is 9.07. The third kappa shape index (κ3) is 3.02. The van der Waals surface area contributed by atoms with Crippen molar-refractivity contribution in [3.63, 3.8) is 0 Å². The molecule has 4 heteroatoms. The number of esters is 1. The van der Waals surface area contributed by atoms with E-state index in [9.17, 15) is 9.90 Å². The molecule has 4 atom stereocenters. The van der Waals surface area contributed by atoms with Crippen LogP contribution in [0, 0.1) is 16.7 Å². The summed E-state index contributed by atoms with van der Waals surface area (Å²) in [5, 5.41) is 12.0. The molecule has 3 rings (SSSR count). The van der Waals surface area contributed by atoms with Gasteiger partial charge in [-0.05, 0) is 48.8 Å². The Morgan fingerprint density at radius 1 is 1.35 bits per heavy atom. The van der Waals surface area contributed by atoms with Crippen LogP contribution in [-0.4, -0.2) is 22.8 Å². The van der Waals surface area contributed by atoms with Gasteiger partial charge in [0.05, 0.1) is 18.1 Å². The minimum absolute atomic E-state index is 0.00480. The lowest BCUT2D eigenvalue weighted by atomic mass is 9.48. The van der Waals surface area contributed by atoms with E-state index in [0.29, 0.717) is 6.42 Å². The zero-order chi connectivity index (χ0) is 19.2. The molecular weight excluding hydrogens is 328 g/mol. The first kappa shape index (κ1) is 19.2. The number of carbonyl (C=O) groups is 1. The molecule has 0 aliphatic heterocycles. The first-order valence-electron chi connectivity index (χ1n) is 9.74. The Bertz CT molecular complexity index is 687. The summed E-state index contributed by atoms with van der Waals surface area (Å²) < 4.78 is 10.8. The maximum atomic E-state index is 12.0. The molecule has 0 radical (unpaired) electrons. The lowest BCUT2D eigenvalue weighted by molar-refractivity contribution is -0.174. The van der Waals surface area contributed by atoms with E-state index >= 15 is 0 Å². The highest BCUT2D eigenvalue weighted by Crippen LogP contribution is 2.61. The molecule has 4 nitrogen and oxygen atoms in total. The van der Waals surface area contributed by atoms with Crippen LogP contribution in [0.5, 0.6) is 0 Å². The van der Waals surface area contributed by atoms with Gasteiger partial charge in [-0.2, -0.15) is 0 Å². The zero-order valence-corrected chi connectivity index (χ0v) is 16.7. The van der Waals surface area contributed by atoms with Crippen molar-refractivity contribution >= 4 is 5.97 Å². The van der Waals surface area contributed by atoms with Crippen molar-refractivity contribution in [2.24, 2.45) is 16.7 Å². The van der Waals surface area contributed by atoms with Gasteiger partial charge < -0.3 is 14.3 Å². The third-order valence-electron chi connectivity index (χ3n) is 7.01. The Morgan fingerprint density at radius 3 is 2.69 bits per heavy atom. The third-order valence-corrected chi connectivity index (χ3v) is 7.01. The molecular formula is C22H32O4. The highest BCUT2D eigenvalue weighted by molar-refractivity contribution is 5.66. The first-order chi connectivity index (χ1) is 12.1. The Labute approximate surface area is 156 Å². The quantitative estimate of drug-likeness (QED) is 0.626. The van der Waals surface area contributed by atoms with Gasteiger partial charge in [0.2, 0.25) is 0 Å². The SMILES string of the molecule is CC(=O)O[C@H]1C=C2C(C)(C)CCC[C@]2(C)[C@@](O)(CCc2ccoc2)[C@@H]1C. The monoisotopic (exact) mass is 360 g/mol. The van der Waals surface area contributed by atoms with E-state index in [1.165, 1.54) is 12.5 Å². The molecule has 2 aliphatic rings. The number of aliphatic hydroxyl groups is 1. The molecule has 1 saturated carbocycles. The zero-order valence-electron chi connectivity index (χ0n) is 16.7. The van der Waals surface area contributed by atoms with E-state index in [2.05, 4.69) is 26.8 Å². The number of ether oxygens (including phenoxy) is 1.